The van der Waals surface area contributed by atoms with E-state index in [1.54, 1.807) is 0 Å². The van der Waals surface area contributed by atoms with Crippen LogP contribution in [0.1, 0.15) is 79.5 Å². The molecule has 26 heavy (non-hydrogen) atoms. The van der Waals surface area contributed by atoms with E-state index in [2.05, 4.69) is 15.5 Å². The molecule has 0 bridgehead atoms. The summed E-state index contributed by atoms with van der Waals surface area (Å²) in [6, 6.07) is 1.75. The third kappa shape index (κ3) is 3.06. The minimum absolute atomic E-state index is 0.110. The maximum atomic E-state index is 13.0. The molecule has 0 aromatic carbocycles. The number of fused-ring (bicyclic) bond motifs is 1. The Labute approximate surface area is 151 Å². The van der Waals surface area contributed by atoms with Crippen molar-refractivity contribution in [2.45, 2.75) is 63.8 Å². The van der Waals surface area contributed by atoms with Crippen LogP contribution in [0.5, 0.6) is 0 Å². The third-order valence-electron chi connectivity index (χ3n) is 5.40. The fourth-order valence-corrected chi connectivity index (χ4v) is 3.75. The molecule has 2 atom stereocenters. The molecule has 7 nitrogen and oxygen atoms in total. The topological polar surface area (TPSA) is 105 Å². The molecule has 0 unspecified atom stereocenters. The highest BCUT2D eigenvalue weighted by Gasteiger charge is 2.33. The fourth-order valence-electron chi connectivity index (χ4n) is 3.75. The molecule has 2 aromatic rings. The lowest BCUT2D eigenvalue weighted by molar-refractivity contribution is -0.141. The van der Waals surface area contributed by atoms with Crippen LogP contribution in [0.4, 0.5) is 0 Å². The first-order valence-corrected chi connectivity index (χ1v) is 9.28. The summed E-state index contributed by atoms with van der Waals surface area (Å²) in [5, 5.41) is 17.0. The number of aliphatic carboxylic acids is 1. The van der Waals surface area contributed by atoms with Crippen LogP contribution >= 0.6 is 0 Å². The largest absolute Gasteiger partial charge is 0.481 e. The van der Waals surface area contributed by atoms with Gasteiger partial charge in [0.05, 0.1) is 22.6 Å². The first-order valence-electron chi connectivity index (χ1n) is 9.28. The zero-order valence-electron chi connectivity index (χ0n) is 15.0. The molecule has 7 heteroatoms. The van der Waals surface area contributed by atoms with Gasteiger partial charge in [0.25, 0.3) is 11.6 Å². The molecule has 138 valence electrons. The molecule has 2 saturated carbocycles. The SMILES string of the molecule is CC(C)c1noc2nc(C3CC3)cc(C(=O)N[C@H]3CC[C@@H](C(=O)O)C3)c12. The van der Waals surface area contributed by atoms with Crippen LogP contribution < -0.4 is 5.32 Å². The minimum Gasteiger partial charge on any atom is -0.481 e. The van der Waals surface area contributed by atoms with E-state index in [4.69, 9.17) is 9.63 Å². The Morgan fingerprint density at radius 2 is 2.04 bits per heavy atom. The normalized spacial score (nSPS) is 22.9. The van der Waals surface area contributed by atoms with Crippen LogP contribution in [0, 0.1) is 5.92 Å². The lowest BCUT2D eigenvalue weighted by Crippen LogP contribution is -2.33. The monoisotopic (exact) mass is 357 g/mol. The lowest BCUT2D eigenvalue weighted by atomic mass is 10.0. The van der Waals surface area contributed by atoms with Crippen molar-refractivity contribution in [1.82, 2.24) is 15.5 Å². The summed E-state index contributed by atoms with van der Waals surface area (Å²) in [5.74, 6) is -0.854. The number of carbonyl (C=O) groups excluding carboxylic acids is 1. The van der Waals surface area contributed by atoms with Gasteiger partial charge in [-0.25, -0.2) is 4.98 Å². The van der Waals surface area contributed by atoms with Crippen molar-refractivity contribution in [3.63, 3.8) is 0 Å². The van der Waals surface area contributed by atoms with Crippen LogP contribution in [0.2, 0.25) is 0 Å². The van der Waals surface area contributed by atoms with Gasteiger partial charge in [-0.15, -0.1) is 0 Å². The number of nitrogens with zero attached hydrogens (tertiary/aromatic N) is 2. The van der Waals surface area contributed by atoms with E-state index in [0.717, 1.165) is 24.2 Å². The number of rotatable bonds is 5. The minimum atomic E-state index is -0.787. The quantitative estimate of drug-likeness (QED) is 0.851. The van der Waals surface area contributed by atoms with Gasteiger partial charge < -0.3 is 14.9 Å². The maximum absolute atomic E-state index is 13.0. The number of nitrogens with one attached hydrogen (secondary N) is 1. The van der Waals surface area contributed by atoms with E-state index >= 15 is 0 Å². The highest BCUT2D eigenvalue weighted by Crippen LogP contribution is 2.41. The highest BCUT2D eigenvalue weighted by atomic mass is 16.5. The van der Waals surface area contributed by atoms with Gasteiger partial charge in [-0.1, -0.05) is 19.0 Å². The lowest BCUT2D eigenvalue weighted by Gasteiger charge is -2.14. The van der Waals surface area contributed by atoms with Crippen molar-refractivity contribution in [2.24, 2.45) is 5.92 Å². The van der Waals surface area contributed by atoms with Gasteiger partial charge in [-0.05, 0) is 44.1 Å². The number of amides is 1. The van der Waals surface area contributed by atoms with Crippen LogP contribution in [-0.4, -0.2) is 33.2 Å². The van der Waals surface area contributed by atoms with Gasteiger partial charge in [-0.2, -0.15) is 0 Å². The first kappa shape index (κ1) is 17.0. The van der Waals surface area contributed by atoms with Crippen molar-refractivity contribution in [3.05, 3.63) is 23.0 Å². The molecule has 4 rings (SSSR count). The van der Waals surface area contributed by atoms with Gasteiger partial charge >= 0.3 is 5.97 Å². The molecule has 2 aromatic heterocycles. The molecule has 2 aliphatic rings. The second-order valence-corrected chi connectivity index (χ2v) is 7.79. The van der Waals surface area contributed by atoms with Gasteiger partial charge in [-0.3, -0.25) is 9.59 Å². The number of hydrogen-bond acceptors (Lipinski definition) is 5. The van der Waals surface area contributed by atoms with Crippen molar-refractivity contribution >= 4 is 23.0 Å². The van der Waals surface area contributed by atoms with Gasteiger partial charge in [0, 0.05) is 17.7 Å². The Bertz CT molecular complexity index is 869. The van der Waals surface area contributed by atoms with Gasteiger partial charge in [0.15, 0.2) is 0 Å². The average Bonchev–Trinajstić information content (AvgIpc) is 3.18. The second-order valence-electron chi connectivity index (χ2n) is 7.79. The molecule has 0 saturated heterocycles. The number of hydrogen-bond donors (Lipinski definition) is 2. The van der Waals surface area contributed by atoms with E-state index in [0.29, 0.717) is 41.8 Å². The van der Waals surface area contributed by atoms with Crippen molar-refractivity contribution in [3.8, 4) is 0 Å². The van der Waals surface area contributed by atoms with E-state index in [1.807, 2.05) is 19.9 Å². The summed E-state index contributed by atoms with van der Waals surface area (Å²) >= 11 is 0. The Morgan fingerprint density at radius 1 is 1.27 bits per heavy atom. The zero-order valence-corrected chi connectivity index (χ0v) is 15.0. The Kier molecular flexibility index (Phi) is 4.17. The number of carbonyl (C=O) groups is 2. The number of pyridine rings is 1. The summed E-state index contributed by atoms with van der Waals surface area (Å²) < 4.78 is 5.42. The van der Waals surface area contributed by atoms with Crippen LogP contribution in [-0.2, 0) is 4.79 Å². The second kappa shape index (κ2) is 6.37. The summed E-state index contributed by atoms with van der Waals surface area (Å²) in [5.41, 5.74) is 2.57. The molecule has 2 fully saturated rings. The smallest absolute Gasteiger partial charge is 0.306 e. The van der Waals surface area contributed by atoms with Crippen molar-refractivity contribution in [2.75, 3.05) is 0 Å². The molecule has 0 spiro atoms. The molecule has 2 N–H and O–H groups in total. The summed E-state index contributed by atoms with van der Waals surface area (Å²) in [6.07, 6.45) is 3.92. The molecule has 2 heterocycles. The summed E-state index contributed by atoms with van der Waals surface area (Å²) in [6.45, 7) is 4.00. The Hall–Kier alpha value is -2.44. The van der Waals surface area contributed by atoms with Crippen molar-refractivity contribution < 1.29 is 19.2 Å². The maximum Gasteiger partial charge on any atom is 0.306 e. The van der Waals surface area contributed by atoms with E-state index < -0.39 is 5.97 Å². The predicted molar refractivity (Wildman–Crippen MR) is 94.1 cm³/mol. The van der Waals surface area contributed by atoms with Crippen LogP contribution in [0.25, 0.3) is 11.1 Å². The first-order chi connectivity index (χ1) is 12.4. The average molecular weight is 357 g/mol. The van der Waals surface area contributed by atoms with E-state index in [1.165, 1.54) is 0 Å². The third-order valence-corrected chi connectivity index (χ3v) is 5.40. The predicted octanol–water partition coefficient (Wildman–Crippen LogP) is 3.21. The highest BCUT2D eigenvalue weighted by molar-refractivity contribution is 6.06. The fraction of sp³-hybridized carbons (Fsp3) is 0.579. The van der Waals surface area contributed by atoms with Crippen LogP contribution in [0.3, 0.4) is 0 Å². The summed E-state index contributed by atoms with van der Waals surface area (Å²) in [4.78, 5) is 28.7. The Morgan fingerprint density at radius 3 is 2.65 bits per heavy atom. The standard InChI is InChI=1S/C19H23N3O4/c1-9(2)16-15-13(8-14(10-3-4-10)21-18(15)26-22-16)17(23)20-12-6-5-11(7-12)19(24)25/h8-12H,3-7H2,1-2H3,(H,20,23)(H,24,25)/t11-,12+/m1/s1. The van der Waals surface area contributed by atoms with E-state index in [9.17, 15) is 9.59 Å². The molecule has 1 amide bonds. The molecule has 0 radical (unpaired) electrons. The van der Waals surface area contributed by atoms with Gasteiger partial charge in [0.1, 0.15) is 0 Å². The molecular weight excluding hydrogens is 334 g/mol. The summed E-state index contributed by atoms with van der Waals surface area (Å²) in [7, 11) is 0. The zero-order chi connectivity index (χ0) is 18.4. The molecular formula is C19H23N3O4. The van der Waals surface area contributed by atoms with E-state index in [-0.39, 0.29) is 23.8 Å². The van der Waals surface area contributed by atoms with Crippen LogP contribution in [0.15, 0.2) is 10.6 Å². The molecule has 2 aliphatic carbocycles. The Balaban J connectivity index is 1.66. The number of carboxylic acids is 1. The van der Waals surface area contributed by atoms with Crippen molar-refractivity contribution in [1.29, 1.82) is 0 Å². The molecule has 0 aliphatic heterocycles. The van der Waals surface area contributed by atoms with Gasteiger partial charge in [0.2, 0.25) is 0 Å². The number of aromatic nitrogens is 2. The number of carboxylic acid groups (broad SMARTS) is 1.